The SMILES string of the molecule is CC(C)Cn1cnc2nc(Cl)nc(NCC3CCCO3)c21. The van der Waals surface area contributed by atoms with Gasteiger partial charge < -0.3 is 14.6 Å². The molecule has 0 amide bonds. The van der Waals surface area contributed by atoms with Crippen molar-refractivity contribution in [1.29, 1.82) is 0 Å². The number of hydrogen-bond donors (Lipinski definition) is 1. The van der Waals surface area contributed by atoms with Gasteiger partial charge in [0.2, 0.25) is 5.28 Å². The standard InChI is InChI=1S/C14H20ClN5O/c1-9(2)7-20-8-17-13-11(20)12(18-14(15)19-13)16-6-10-4-3-5-21-10/h8-10H,3-7H2,1-2H3,(H,16,18,19). The van der Waals surface area contributed by atoms with Gasteiger partial charge in [0.05, 0.1) is 12.4 Å². The van der Waals surface area contributed by atoms with E-state index in [-0.39, 0.29) is 11.4 Å². The molecule has 3 rings (SSSR count). The van der Waals surface area contributed by atoms with Gasteiger partial charge in [-0.1, -0.05) is 13.8 Å². The third kappa shape index (κ3) is 3.27. The van der Waals surface area contributed by atoms with Crippen molar-refractivity contribution in [1.82, 2.24) is 19.5 Å². The number of hydrogen-bond acceptors (Lipinski definition) is 5. The third-order valence-electron chi connectivity index (χ3n) is 3.53. The van der Waals surface area contributed by atoms with Gasteiger partial charge in [0.25, 0.3) is 0 Å². The molecule has 3 heterocycles. The van der Waals surface area contributed by atoms with Crippen LogP contribution in [0.4, 0.5) is 5.82 Å². The molecule has 0 radical (unpaired) electrons. The fourth-order valence-electron chi connectivity index (χ4n) is 2.62. The van der Waals surface area contributed by atoms with Gasteiger partial charge in [0.15, 0.2) is 11.5 Å². The molecule has 0 spiro atoms. The molecule has 2 aromatic heterocycles. The summed E-state index contributed by atoms with van der Waals surface area (Å²) in [7, 11) is 0. The first kappa shape index (κ1) is 14.5. The predicted molar refractivity (Wildman–Crippen MR) is 82.6 cm³/mol. The summed E-state index contributed by atoms with van der Waals surface area (Å²) in [6.07, 6.45) is 4.25. The monoisotopic (exact) mass is 309 g/mol. The molecule has 0 bridgehead atoms. The van der Waals surface area contributed by atoms with Crippen LogP contribution in [-0.2, 0) is 11.3 Å². The van der Waals surface area contributed by atoms with Crippen molar-refractivity contribution >= 4 is 28.6 Å². The normalized spacial score (nSPS) is 18.8. The number of nitrogens with one attached hydrogen (secondary N) is 1. The van der Waals surface area contributed by atoms with Gasteiger partial charge in [0.1, 0.15) is 5.52 Å². The van der Waals surface area contributed by atoms with E-state index in [2.05, 4.69) is 38.7 Å². The van der Waals surface area contributed by atoms with Crippen LogP contribution in [0.2, 0.25) is 5.28 Å². The van der Waals surface area contributed by atoms with Gasteiger partial charge in [-0.05, 0) is 30.4 Å². The minimum atomic E-state index is 0.215. The van der Waals surface area contributed by atoms with E-state index >= 15 is 0 Å². The number of anilines is 1. The quantitative estimate of drug-likeness (QED) is 0.860. The van der Waals surface area contributed by atoms with Crippen LogP contribution in [0.25, 0.3) is 11.2 Å². The molecule has 21 heavy (non-hydrogen) atoms. The summed E-state index contributed by atoms with van der Waals surface area (Å²) in [5.41, 5.74) is 1.54. The topological polar surface area (TPSA) is 64.9 Å². The fraction of sp³-hybridized carbons (Fsp3) is 0.643. The lowest BCUT2D eigenvalue weighted by atomic mass is 10.2. The molecule has 1 aliphatic heterocycles. The third-order valence-corrected chi connectivity index (χ3v) is 3.70. The highest BCUT2D eigenvalue weighted by Gasteiger charge is 2.18. The van der Waals surface area contributed by atoms with Crippen LogP contribution in [0.5, 0.6) is 0 Å². The van der Waals surface area contributed by atoms with Crippen molar-refractivity contribution < 1.29 is 4.74 Å². The zero-order valence-electron chi connectivity index (χ0n) is 12.3. The molecule has 1 atom stereocenters. The number of imidazole rings is 1. The van der Waals surface area contributed by atoms with Crippen LogP contribution in [-0.4, -0.2) is 38.8 Å². The molecule has 1 aliphatic rings. The van der Waals surface area contributed by atoms with E-state index in [1.54, 1.807) is 6.33 Å². The number of aromatic nitrogens is 4. The Morgan fingerprint density at radius 1 is 1.48 bits per heavy atom. The maximum absolute atomic E-state index is 5.99. The molecule has 1 unspecified atom stereocenters. The maximum atomic E-state index is 5.99. The molecule has 0 aromatic carbocycles. The summed E-state index contributed by atoms with van der Waals surface area (Å²) in [4.78, 5) is 12.9. The molecular weight excluding hydrogens is 290 g/mol. The van der Waals surface area contributed by atoms with E-state index < -0.39 is 0 Å². The smallest absolute Gasteiger partial charge is 0.226 e. The second-order valence-electron chi connectivity index (χ2n) is 5.82. The van der Waals surface area contributed by atoms with Gasteiger partial charge in [-0.2, -0.15) is 9.97 Å². The summed E-state index contributed by atoms with van der Waals surface area (Å²) in [5, 5.41) is 3.56. The lowest BCUT2D eigenvalue weighted by Gasteiger charge is -2.14. The van der Waals surface area contributed by atoms with E-state index in [9.17, 15) is 0 Å². The highest BCUT2D eigenvalue weighted by molar-refractivity contribution is 6.28. The Morgan fingerprint density at radius 3 is 3.05 bits per heavy atom. The summed E-state index contributed by atoms with van der Waals surface area (Å²) in [5.74, 6) is 1.25. The highest BCUT2D eigenvalue weighted by Crippen LogP contribution is 2.23. The Hall–Kier alpha value is -1.40. The molecule has 1 fully saturated rings. The van der Waals surface area contributed by atoms with Crippen molar-refractivity contribution in [3.05, 3.63) is 11.6 Å². The van der Waals surface area contributed by atoms with Gasteiger partial charge in [-0.3, -0.25) is 0 Å². The lowest BCUT2D eigenvalue weighted by molar-refractivity contribution is 0.120. The molecule has 0 aliphatic carbocycles. The largest absolute Gasteiger partial charge is 0.376 e. The lowest BCUT2D eigenvalue weighted by Crippen LogP contribution is -2.19. The van der Waals surface area contributed by atoms with Crippen molar-refractivity contribution in [2.24, 2.45) is 5.92 Å². The predicted octanol–water partition coefficient (Wildman–Crippen LogP) is 2.73. The minimum Gasteiger partial charge on any atom is -0.376 e. The Morgan fingerprint density at radius 2 is 2.33 bits per heavy atom. The number of halogens is 1. The van der Waals surface area contributed by atoms with Crippen LogP contribution < -0.4 is 5.32 Å². The molecule has 0 saturated carbocycles. The van der Waals surface area contributed by atoms with Gasteiger partial charge >= 0.3 is 0 Å². The summed E-state index contributed by atoms with van der Waals surface area (Å²) >= 11 is 5.99. The molecule has 2 aromatic rings. The van der Waals surface area contributed by atoms with Crippen LogP contribution in [0, 0.1) is 5.92 Å². The van der Waals surface area contributed by atoms with Gasteiger partial charge in [-0.25, -0.2) is 4.98 Å². The summed E-state index contributed by atoms with van der Waals surface area (Å²) in [6.45, 7) is 6.78. The second kappa shape index (κ2) is 6.15. The van der Waals surface area contributed by atoms with Crippen molar-refractivity contribution in [2.75, 3.05) is 18.5 Å². The number of rotatable bonds is 5. The van der Waals surface area contributed by atoms with E-state index in [4.69, 9.17) is 16.3 Å². The first-order chi connectivity index (χ1) is 10.1. The number of fused-ring (bicyclic) bond motifs is 1. The Balaban J connectivity index is 1.88. The molecule has 7 heteroatoms. The minimum absolute atomic E-state index is 0.215. The summed E-state index contributed by atoms with van der Waals surface area (Å²) < 4.78 is 7.71. The van der Waals surface area contributed by atoms with Crippen LogP contribution in [0.1, 0.15) is 26.7 Å². The Bertz CT molecular complexity index is 621. The van der Waals surface area contributed by atoms with E-state index in [0.29, 0.717) is 11.6 Å². The Kier molecular flexibility index (Phi) is 4.26. The molecular formula is C14H20ClN5O. The van der Waals surface area contributed by atoms with E-state index in [1.165, 1.54) is 0 Å². The average molecular weight is 310 g/mol. The molecule has 6 nitrogen and oxygen atoms in total. The Labute approximate surface area is 128 Å². The van der Waals surface area contributed by atoms with Crippen LogP contribution in [0.15, 0.2) is 6.33 Å². The number of nitrogens with zero attached hydrogens (tertiary/aromatic N) is 4. The van der Waals surface area contributed by atoms with Crippen LogP contribution >= 0.6 is 11.6 Å². The number of ether oxygens (including phenoxy) is 1. The average Bonchev–Trinajstić information content (AvgIpc) is 3.05. The zero-order chi connectivity index (χ0) is 14.8. The van der Waals surface area contributed by atoms with Gasteiger partial charge in [0, 0.05) is 19.7 Å². The first-order valence-corrected chi connectivity index (χ1v) is 7.75. The van der Waals surface area contributed by atoms with Crippen molar-refractivity contribution in [3.8, 4) is 0 Å². The van der Waals surface area contributed by atoms with Crippen molar-refractivity contribution in [2.45, 2.75) is 39.3 Å². The van der Waals surface area contributed by atoms with E-state index in [1.807, 2.05) is 0 Å². The molecule has 114 valence electrons. The summed E-state index contributed by atoms with van der Waals surface area (Å²) in [6, 6.07) is 0. The second-order valence-corrected chi connectivity index (χ2v) is 6.16. The van der Waals surface area contributed by atoms with Gasteiger partial charge in [-0.15, -0.1) is 0 Å². The van der Waals surface area contributed by atoms with Crippen molar-refractivity contribution in [3.63, 3.8) is 0 Å². The molecule has 1 saturated heterocycles. The van der Waals surface area contributed by atoms with E-state index in [0.717, 1.165) is 43.9 Å². The fourth-order valence-corrected chi connectivity index (χ4v) is 2.79. The van der Waals surface area contributed by atoms with Crippen LogP contribution in [0.3, 0.4) is 0 Å². The zero-order valence-corrected chi connectivity index (χ0v) is 13.1. The first-order valence-electron chi connectivity index (χ1n) is 7.37. The molecule has 1 N–H and O–H groups in total. The maximum Gasteiger partial charge on any atom is 0.226 e. The highest BCUT2D eigenvalue weighted by atomic mass is 35.5.